The summed E-state index contributed by atoms with van der Waals surface area (Å²) in [6, 6.07) is 7.83. The molecule has 0 saturated carbocycles. The van der Waals surface area contributed by atoms with Crippen molar-refractivity contribution in [1.29, 1.82) is 0 Å². The van der Waals surface area contributed by atoms with Crippen molar-refractivity contribution in [2.75, 3.05) is 5.32 Å². The van der Waals surface area contributed by atoms with Gasteiger partial charge in [-0.25, -0.2) is 4.52 Å². The summed E-state index contributed by atoms with van der Waals surface area (Å²) in [7, 11) is 0. The molecule has 0 spiro atoms. The average Bonchev–Trinajstić information content (AvgIpc) is 2.92. The zero-order chi connectivity index (χ0) is 11.9. The number of pyridine rings is 1. The highest BCUT2D eigenvalue weighted by Crippen LogP contribution is 2.28. The monoisotopic (exact) mass is 243 g/mol. The van der Waals surface area contributed by atoms with Crippen LogP contribution in [0, 0.1) is 0 Å². The topological polar surface area (TPSA) is 54.2 Å². The molecular weight excluding hydrogens is 226 g/mol. The van der Waals surface area contributed by atoms with E-state index in [1.165, 1.54) is 25.7 Å². The van der Waals surface area contributed by atoms with Crippen molar-refractivity contribution in [1.82, 2.24) is 19.9 Å². The van der Waals surface area contributed by atoms with Crippen LogP contribution in [0.25, 0.3) is 5.65 Å². The maximum atomic E-state index is 4.50. The van der Waals surface area contributed by atoms with Crippen LogP contribution < -0.4 is 10.6 Å². The lowest BCUT2D eigenvalue weighted by Crippen LogP contribution is -2.43. The van der Waals surface area contributed by atoms with Gasteiger partial charge >= 0.3 is 0 Å². The molecule has 0 amide bonds. The third-order valence-corrected chi connectivity index (χ3v) is 4.05. The molecule has 2 aromatic heterocycles. The molecule has 5 heteroatoms. The van der Waals surface area contributed by atoms with Crippen molar-refractivity contribution in [3.63, 3.8) is 0 Å². The lowest BCUT2D eigenvalue weighted by Gasteiger charge is -2.29. The van der Waals surface area contributed by atoms with Gasteiger partial charge in [0.15, 0.2) is 5.65 Å². The summed E-state index contributed by atoms with van der Waals surface area (Å²) in [6.45, 7) is 0. The quantitative estimate of drug-likeness (QED) is 0.837. The van der Waals surface area contributed by atoms with Gasteiger partial charge in [0.25, 0.3) is 0 Å². The number of rotatable bonds is 2. The summed E-state index contributed by atoms with van der Waals surface area (Å²) >= 11 is 0. The van der Waals surface area contributed by atoms with Crippen molar-refractivity contribution in [2.45, 2.75) is 43.8 Å². The van der Waals surface area contributed by atoms with Gasteiger partial charge in [-0.15, -0.1) is 5.10 Å². The SMILES string of the molecule is c1ccn2nc(NC3CC4CCC(C3)N4)nc2c1. The zero-order valence-corrected chi connectivity index (χ0v) is 10.2. The smallest absolute Gasteiger partial charge is 0.243 e. The predicted octanol–water partition coefficient (Wildman–Crippen LogP) is 1.42. The number of piperidine rings is 1. The second-order valence-electron chi connectivity index (χ2n) is 5.39. The van der Waals surface area contributed by atoms with E-state index in [-0.39, 0.29) is 0 Å². The van der Waals surface area contributed by atoms with Gasteiger partial charge in [0, 0.05) is 24.3 Å². The molecule has 2 N–H and O–H groups in total. The number of hydrogen-bond donors (Lipinski definition) is 2. The molecule has 0 radical (unpaired) electrons. The Balaban J connectivity index is 1.54. The average molecular weight is 243 g/mol. The van der Waals surface area contributed by atoms with Crippen LogP contribution in [-0.4, -0.2) is 32.7 Å². The molecule has 4 heterocycles. The Morgan fingerprint density at radius 2 is 2.06 bits per heavy atom. The maximum Gasteiger partial charge on any atom is 0.243 e. The molecule has 18 heavy (non-hydrogen) atoms. The Labute approximate surface area is 106 Å². The van der Waals surface area contributed by atoms with Crippen LogP contribution in [-0.2, 0) is 0 Å². The lowest BCUT2D eigenvalue weighted by molar-refractivity contribution is 0.377. The number of fused-ring (bicyclic) bond motifs is 3. The van der Waals surface area contributed by atoms with E-state index in [4.69, 9.17) is 0 Å². The van der Waals surface area contributed by atoms with Crippen LogP contribution in [0.5, 0.6) is 0 Å². The minimum absolute atomic E-state index is 0.515. The number of aromatic nitrogens is 3. The predicted molar refractivity (Wildman–Crippen MR) is 69.6 cm³/mol. The summed E-state index contributed by atoms with van der Waals surface area (Å²) in [4.78, 5) is 4.50. The van der Waals surface area contributed by atoms with Crippen molar-refractivity contribution in [3.05, 3.63) is 24.4 Å². The first-order chi connectivity index (χ1) is 8.87. The van der Waals surface area contributed by atoms with Crippen LogP contribution in [0.4, 0.5) is 5.95 Å². The van der Waals surface area contributed by atoms with Gasteiger partial charge in [-0.1, -0.05) is 6.07 Å². The number of anilines is 1. The number of nitrogens with one attached hydrogen (secondary N) is 2. The first-order valence-corrected chi connectivity index (χ1v) is 6.71. The van der Waals surface area contributed by atoms with Crippen molar-refractivity contribution in [3.8, 4) is 0 Å². The van der Waals surface area contributed by atoms with E-state index in [9.17, 15) is 0 Å². The molecule has 2 bridgehead atoms. The summed E-state index contributed by atoms with van der Waals surface area (Å²) in [5, 5.41) is 11.6. The van der Waals surface area contributed by atoms with Gasteiger partial charge in [0.05, 0.1) is 0 Å². The summed E-state index contributed by atoms with van der Waals surface area (Å²) in [5.41, 5.74) is 0.900. The van der Waals surface area contributed by atoms with Gasteiger partial charge in [0.2, 0.25) is 5.95 Å². The molecular formula is C13H17N5. The summed E-state index contributed by atoms with van der Waals surface area (Å²) in [6.07, 6.45) is 6.95. The number of nitrogens with zero attached hydrogens (tertiary/aromatic N) is 3. The molecule has 5 nitrogen and oxygen atoms in total. The molecule has 4 rings (SSSR count). The van der Waals surface area contributed by atoms with E-state index in [1.54, 1.807) is 0 Å². The van der Waals surface area contributed by atoms with E-state index in [1.807, 2.05) is 28.9 Å². The van der Waals surface area contributed by atoms with Gasteiger partial charge in [0.1, 0.15) is 0 Å². The van der Waals surface area contributed by atoms with Crippen LogP contribution in [0.2, 0.25) is 0 Å². The summed E-state index contributed by atoms with van der Waals surface area (Å²) < 4.78 is 1.82. The highest BCUT2D eigenvalue weighted by Gasteiger charge is 2.33. The van der Waals surface area contributed by atoms with Crippen molar-refractivity contribution in [2.24, 2.45) is 0 Å². The van der Waals surface area contributed by atoms with Crippen molar-refractivity contribution >= 4 is 11.6 Å². The molecule has 2 atom stereocenters. The molecule has 2 unspecified atom stereocenters. The van der Waals surface area contributed by atoms with E-state index < -0.39 is 0 Å². The first kappa shape index (κ1) is 10.3. The fourth-order valence-electron chi connectivity index (χ4n) is 3.25. The Morgan fingerprint density at radius 3 is 2.83 bits per heavy atom. The largest absolute Gasteiger partial charge is 0.350 e. The molecule has 2 aliphatic heterocycles. The Kier molecular flexibility index (Phi) is 2.26. The number of hydrogen-bond acceptors (Lipinski definition) is 4. The van der Waals surface area contributed by atoms with Gasteiger partial charge in [-0.3, -0.25) is 0 Å². The van der Waals surface area contributed by atoms with Crippen molar-refractivity contribution < 1.29 is 0 Å². The third kappa shape index (κ3) is 1.75. The molecule has 2 aliphatic rings. The van der Waals surface area contributed by atoms with E-state index in [0.29, 0.717) is 18.1 Å². The van der Waals surface area contributed by atoms with Crippen LogP contribution in [0.3, 0.4) is 0 Å². The van der Waals surface area contributed by atoms with Crippen LogP contribution in [0.1, 0.15) is 25.7 Å². The highest BCUT2D eigenvalue weighted by atomic mass is 15.3. The highest BCUT2D eigenvalue weighted by molar-refractivity contribution is 5.43. The van der Waals surface area contributed by atoms with E-state index in [0.717, 1.165) is 11.6 Å². The second kappa shape index (κ2) is 3.95. The standard InChI is InChI=1S/C13H17N5/c1-2-6-18-12(3-1)16-13(17-18)15-11-7-9-4-5-10(8-11)14-9/h1-3,6,9-11,14H,4-5,7-8H2,(H,15,17). The lowest BCUT2D eigenvalue weighted by atomic mass is 10.0. The van der Waals surface area contributed by atoms with E-state index in [2.05, 4.69) is 20.7 Å². The fourth-order valence-corrected chi connectivity index (χ4v) is 3.25. The Morgan fingerprint density at radius 1 is 1.22 bits per heavy atom. The van der Waals surface area contributed by atoms with Gasteiger partial charge in [-0.05, 0) is 37.8 Å². The molecule has 2 aromatic rings. The second-order valence-corrected chi connectivity index (χ2v) is 5.39. The minimum Gasteiger partial charge on any atom is -0.350 e. The Hall–Kier alpha value is -1.62. The van der Waals surface area contributed by atoms with E-state index >= 15 is 0 Å². The zero-order valence-electron chi connectivity index (χ0n) is 10.2. The molecule has 0 aromatic carbocycles. The normalized spacial score (nSPS) is 30.8. The van der Waals surface area contributed by atoms with Crippen LogP contribution >= 0.6 is 0 Å². The maximum absolute atomic E-state index is 4.50. The summed E-state index contributed by atoms with van der Waals surface area (Å²) in [5.74, 6) is 0.757. The molecule has 2 fully saturated rings. The molecule has 94 valence electrons. The molecule has 2 saturated heterocycles. The molecule has 0 aliphatic carbocycles. The first-order valence-electron chi connectivity index (χ1n) is 6.71. The van der Waals surface area contributed by atoms with Gasteiger partial charge < -0.3 is 10.6 Å². The fraction of sp³-hybridized carbons (Fsp3) is 0.538. The van der Waals surface area contributed by atoms with Crippen LogP contribution in [0.15, 0.2) is 24.4 Å². The minimum atomic E-state index is 0.515. The third-order valence-electron chi connectivity index (χ3n) is 4.05. The Bertz CT molecular complexity index is 518. The van der Waals surface area contributed by atoms with Gasteiger partial charge in [-0.2, -0.15) is 4.98 Å².